The van der Waals surface area contributed by atoms with Crippen molar-refractivity contribution in [3.63, 3.8) is 0 Å². The molecule has 0 atom stereocenters. The molecule has 9 aromatic carbocycles. The van der Waals surface area contributed by atoms with Crippen LogP contribution in [0, 0.1) is 11.6 Å². The number of fused-ring (bicyclic) bond motifs is 12. The third-order valence-corrected chi connectivity index (χ3v) is 12.9. The van der Waals surface area contributed by atoms with Crippen LogP contribution in [0.1, 0.15) is 0 Å². The number of rotatable bonds is 5. The monoisotopic (exact) mass is 855 g/mol. The van der Waals surface area contributed by atoms with E-state index in [0.29, 0.717) is 61.8 Å². The average molecular weight is 856 g/mol. The van der Waals surface area contributed by atoms with E-state index in [0.717, 1.165) is 65.8 Å². The van der Waals surface area contributed by atoms with Crippen LogP contribution >= 0.6 is 0 Å². The van der Waals surface area contributed by atoms with Gasteiger partial charge in [0.25, 0.3) is 0 Å². The second-order valence-corrected chi connectivity index (χ2v) is 16.7. The molecule has 7 nitrogen and oxygen atoms in total. The van der Waals surface area contributed by atoms with Gasteiger partial charge in [-0.25, -0.2) is 13.8 Å². The first kappa shape index (κ1) is 36.5. The van der Waals surface area contributed by atoms with Crippen LogP contribution in [0.2, 0.25) is 0 Å². The van der Waals surface area contributed by atoms with Gasteiger partial charge < -0.3 is 13.4 Å². The highest BCUT2D eigenvalue weighted by molar-refractivity contribution is 6.13. The van der Waals surface area contributed by atoms with Crippen molar-refractivity contribution in [3.8, 4) is 45.5 Å². The van der Waals surface area contributed by atoms with Crippen LogP contribution in [0.4, 0.5) is 8.78 Å². The Morgan fingerprint density at radius 3 is 1.41 bits per heavy atom. The lowest BCUT2D eigenvalue weighted by Crippen LogP contribution is -2.06. The maximum atomic E-state index is 14.6. The van der Waals surface area contributed by atoms with Gasteiger partial charge in [0.1, 0.15) is 34.0 Å². The van der Waals surface area contributed by atoms with Gasteiger partial charge in [0.05, 0.1) is 22.1 Å². The molecule has 0 spiro atoms. The number of benzene rings is 9. The molecule has 66 heavy (non-hydrogen) atoms. The van der Waals surface area contributed by atoms with Crippen LogP contribution in [0.15, 0.2) is 197 Å². The van der Waals surface area contributed by atoms with E-state index in [2.05, 4.69) is 106 Å². The molecular weight excluding hydrogens is 825 g/mol. The standard InChI is InChI=1S/C57H31F2N5O2/c58-36-18-24-53-45(30-36)43-27-34(16-22-51(43)65-53)55-60-56(35-17-23-52-44(28-35)46-31-37(59)19-25-54(46)66-52)62-57(61-55)64-48-13-7-4-10-39(48)41-20-14-33(29-50(41)64)32-15-21-49-42(26-32)40-11-5-6-12-47(40)63(49)38-8-2-1-3-9-38/h1-31H. The summed E-state index contributed by atoms with van der Waals surface area (Å²) in [4.78, 5) is 15.6. The second-order valence-electron chi connectivity index (χ2n) is 16.7. The Kier molecular flexibility index (Phi) is 7.62. The van der Waals surface area contributed by atoms with Gasteiger partial charge in [-0.15, -0.1) is 0 Å². The maximum absolute atomic E-state index is 14.6. The first-order valence-corrected chi connectivity index (χ1v) is 21.6. The number of aromatic nitrogens is 5. The molecule has 9 heteroatoms. The summed E-state index contributed by atoms with van der Waals surface area (Å²) < 4.78 is 45.8. The lowest BCUT2D eigenvalue weighted by Gasteiger charge is -2.12. The number of halogens is 2. The van der Waals surface area contributed by atoms with Crippen LogP contribution in [0.25, 0.3) is 133 Å². The largest absolute Gasteiger partial charge is 0.456 e. The number of hydrogen-bond donors (Lipinski definition) is 0. The molecule has 0 aliphatic rings. The number of nitrogens with zero attached hydrogens (tertiary/aromatic N) is 5. The van der Waals surface area contributed by atoms with E-state index in [-0.39, 0.29) is 11.6 Å². The zero-order chi connectivity index (χ0) is 43.6. The Balaban J connectivity index is 0.999. The summed E-state index contributed by atoms with van der Waals surface area (Å²) in [6, 6.07) is 61.0. The average Bonchev–Trinajstić information content (AvgIpc) is 4.10. The summed E-state index contributed by atoms with van der Waals surface area (Å²) in [7, 11) is 0. The molecule has 0 unspecified atom stereocenters. The van der Waals surface area contributed by atoms with E-state index in [1.807, 2.05) is 54.6 Å². The van der Waals surface area contributed by atoms with Crippen molar-refractivity contribution in [1.29, 1.82) is 0 Å². The lowest BCUT2D eigenvalue weighted by molar-refractivity contribution is 0.626. The minimum atomic E-state index is -0.355. The van der Waals surface area contributed by atoms with Gasteiger partial charge in [0.2, 0.25) is 5.95 Å². The van der Waals surface area contributed by atoms with Crippen LogP contribution in [0.3, 0.4) is 0 Å². The van der Waals surface area contributed by atoms with Crippen molar-refractivity contribution in [2.45, 2.75) is 0 Å². The van der Waals surface area contributed by atoms with E-state index in [4.69, 9.17) is 23.8 Å². The topological polar surface area (TPSA) is 74.8 Å². The minimum absolute atomic E-state index is 0.355. The molecule has 0 aliphatic carbocycles. The van der Waals surface area contributed by atoms with Gasteiger partial charge in [-0.3, -0.25) is 4.57 Å². The molecule has 0 amide bonds. The van der Waals surface area contributed by atoms with Gasteiger partial charge in [-0.1, -0.05) is 72.8 Å². The normalized spacial score (nSPS) is 12.1. The second kappa shape index (κ2) is 13.8. The predicted molar refractivity (Wildman–Crippen MR) is 259 cm³/mol. The van der Waals surface area contributed by atoms with Crippen molar-refractivity contribution < 1.29 is 17.6 Å². The zero-order valence-electron chi connectivity index (χ0n) is 34.7. The van der Waals surface area contributed by atoms with Gasteiger partial charge >= 0.3 is 0 Å². The Morgan fingerprint density at radius 1 is 0.318 bits per heavy atom. The Bertz CT molecular complexity index is 4200. The van der Waals surface area contributed by atoms with Gasteiger partial charge in [-0.05, 0) is 126 Å². The van der Waals surface area contributed by atoms with Crippen molar-refractivity contribution in [2.24, 2.45) is 0 Å². The highest BCUT2D eigenvalue weighted by Crippen LogP contribution is 2.40. The van der Waals surface area contributed by atoms with Crippen molar-refractivity contribution in [1.82, 2.24) is 24.1 Å². The molecule has 14 aromatic rings. The summed E-state index contributed by atoms with van der Waals surface area (Å²) in [6.07, 6.45) is 0. The minimum Gasteiger partial charge on any atom is -0.456 e. The van der Waals surface area contributed by atoms with Crippen LogP contribution in [-0.4, -0.2) is 24.1 Å². The van der Waals surface area contributed by atoms with Crippen LogP contribution < -0.4 is 0 Å². The molecule has 5 aromatic heterocycles. The number of para-hydroxylation sites is 3. The molecule has 0 aliphatic heterocycles. The van der Waals surface area contributed by atoms with Gasteiger partial charge in [0.15, 0.2) is 11.6 Å². The molecule has 0 saturated carbocycles. The highest BCUT2D eigenvalue weighted by Gasteiger charge is 2.21. The fourth-order valence-electron chi connectivity index (χ4n) is 9.87. The quantitative estimate of drug-likeness (QED) is 0.172. The molecule has 0 radical (unpaired) electrons. The summed E-state index contributed by atoms with van der Waals surface area (Å²) in [5.74, 6) is 0.520. The molecule has 0 fully saturated rings. The summed E-state index contributed by atoms with van der Waals surface area (Å²) in [5, 5.41) is 7.22. The Labute approximate surface area is 373 Å². The summed E-state index contributed by atoms with van der Waals surface area (Å²) in [5.41, 5.74) is 11.1. The highest BCUT2D eigenvalue weighted by atomic mass is 19.1. The van der Waals surface area contributed by atoms with Crippen molar-refractivity contribution >= 4 is 87.5 Å². The molecule has 0 N–H and O–H groups in total. The number of furan rings is 2. The van der Waals surface area contributed by atoms with E-state index in [1.165, 1.54) is 29.7 Å². The van der Waals surface area contributed by atoms with Crippen LogP contribution in [0.5, 0.6) is 0 Å². The van der Waals surface area contributed by atoms with E-state index in [1.54, 1.807) is 12.1 Å². The predicted octanol–water partition coefficient (Wildman–Crippen LogP) is 15.1. The van der Waals surface area contributed by atoms with Crippen LogP contribution in [-0.2, 0) is 0 Å². The van der Waals surface area contributed by atoms with E-state index >= 15 is 0 Å². The van der Waals surface area contributed by atoms with Gasteiger partial charge in [-0.2, -0.15) is 9.97 Å². The molecule has 0 bridgehead atoms. The third-order valence-electron chi connectivity index (χ3n) is 12.9. The number of hydrogen-bond acceptors (Lipinski definition) is 5. The van der Waals surface area contributed by atoms with Gasteiger partial charge in [0, 0.05) is 59.9 Å². The summed E-state index contributed by atoms with van der Waals surface area (Å²) >= 11 is 0. The summed E-state index contributed by atoms with van der Waals surface area (Å²) in [6.45, 7) is 0. The van der Waals surface area contributed by atoms with E-state index in [9.17, 15) is 8.78 Å². The third kappa shape index (κ3) is 5.50. The van der Waals surface area contributed by atoms with E-state index < -0.39 is 0 Å². The fourth-order valence-corrected chi connectivity index (χ4v) is 9.87. The fraction of sp³-hybridized carbons (Fsp3) is 0. The zero-order valence-corrected chi connectivity index (χ0v) is 34.7. The SMILES string of the molecule is Fc1ccc2oc3ccc(-c4nc(-c5ccc6oc7ccc(F)cc7c6c5)nc(-n5c6ccccc6c6ccc(-c7ccc8c(c7)c7ccccc7n8-c7ccccc7)cc65)n4)cc3c2c1. The molecule has 0 saturated heterocycles. The molecule has 5 heterocycles. The maximum Gasteiger partial charge on any atom is 0.238 e. The van der Waals surface area contributed by atoms with Crippen molar-refractivity contribution in [3.05, 3.63) is 200 Å². The molecule has 310 valence electrons. The van der Waals surface area contributed by atoms with Crippen molar-refractivity contribution in [2.75, 3.05) is 0 Å². The molecule has 14 rings (SSSR count). The Morgan fingerprint density at radius 2 is 0.773 bits per heavy atom. The lowest BCUT2D eigenvalue weighted by atomic mass is 10.0. The Hall–Kier alpha value is -8.95. The first-order chi connectivity index (χ1) is 32.5. The molecular formula is C57H31F2N5O2. The smallest absolute Gasteiger partial charge is 0.238 e. The first-order valence-electron chi connectivity index (χ1n) is 21.6.